The van der Waals surface area contributed by atoms with Crippen molar-refractivity contribution in [2.24, 2.45) is 22.5 Å². The molecule has 2 aliphatic rings. The molecule has 2 saturated carbocycles. The number of fused-ring (bicyclic) bond motifs is 2. The number of carbonyl (C=O) groups is 2. The third-order valence-corrected chi connectivity index (χ3v) is 5.76. The highest BCUT2D eigenvalue weighted by atomic mass is 35.5. The zero-order chi connectivity index (χ0) is 14.3. The third kappa shape index (κ3) is 2.66. The van der Waals surface area contributed by atoms with E-state index in [9.17, 15) is 9.59 Å². The van der Waals surface area contributed by atoms with Crippen molar-refractivity contribution in [2.75, 3.05) is 13.1 Å². The number of carbonyl (C=O) groups excluding carboxylic acids is 2. The smallest absolute Gasteiger partial charge is 0.239 e. The molecule has 4 N–H and O–H groups in total. The Morgan fingerprint density at radius 1 is 1.25 bits per heavy atom. The lowest BCUT2D eigenvalue weighted by molar-refractivity contribution is -0.126. The van der Waals surface area contributed by atoms with Gasteiger partial charge < -0.3 is 16.4 Å². The fourth-order valence-corrected chi connectivity index (χ4v) is 3.92. The van der Waals surface area contributed by atoms with E-state index in [1.165, 1.54) is 12.8 Å². The molecule has 2 amide bonds. The van der Waals surface area contributed by atoms with Gasteiger partial charge in [0, 0.05) is 6.04 Å². The van der Waals surface area contributed by atoms with Crippen LogP contribution in [0.25, 0.3) is 0 Å². The van der Waals surface area contributed by atoms with Gasteiger partial charge in [0.2, 0.25) is 11.8 Å². The molecule has 2 fully saturated rings. The summed E-state index contributed by atoms with van der Waals surface area (Å²) in [7, 11) is 0. The third-order valence-electron chi connectivity index (χ3n) is 5.76. The van der Waals surface area contributed by atoms with Crippen LogP contribution < -0.4 is 16.4 Å². The quantitative estimate of drug-likeness (QED) is 0.719. The molecule has 0 heterocycles. The summed E-state index contributed by atoms with van der Waals surface area (Å²) >= 11 is 0. The van der Waals surface area contributed by atoms with Gasteiger partial charge >= 0.3 is 0 Å². The zero-order valence-corrected chi connectivity index (χ0v) is 13.3. The summed E-state index contributed by atoms with van der Waals surface area (Å²) in [5, 5.41) is 5.60. The molecule has 2 aliphatic carbocycles. The van der Waals surface area contributed by atoms with E-state index in [0.29, 0.717) is 5.92 Å². The van der Waals surface area contributed by atoms with E-state index in [0.717, 1.165) is 6.42 Å². The van der Waals surface area contributed by atoms with Crippen molar-refractivity contribution in [2.45, 2.75) is 46.1 Å². The van der Waals surface area contributed by atoms with Crippen LogP contribution in [0, 0.1) is 16.7 Å². The summed E-state index contributed by atoms with van der Waals surface area (Å²) in [6.45, 7) is 6.85. The lowest BCUT2D eigenvalue weighted by Crippen LogP contribution is -2.49. The lowest BCUT2D eigenvalue weighted by atomic mass is 9.69. The fraction of sp³-hybridized carbons (Fsp3) is 0.857. The molecule has 0 radical (unpaired) electrons. The summed E-state index contributed by atoms with van der Waals surface area (Å²) in [4.78, 5) is 22.9. The van der Waals surface area contributed by atoms with Crippen molar-refractivity contribution >= 4 is 24.2 Å². The van der Waals surface area contributed by atoms with Gasteiger partial charge in [-0.2, -0.15) is 0 Å². The van der Waals surface area contributed by atoms with Gasteiger partial charge in [-0.25, -0.2) is 0 Å². The molecule has 20 heavy (non-hydrogen) atoms. The standard InChI is InChI=1S/C14H25N3O2.ClH/c1-13(2)9-4-5-14(13,3)10(6-9)17-12(19)8-16-11(18)7-15;/h9-10H,4-8,15H2,1-3H3,(H,16,18)(H,17,19);1H. The van der Waals surface area contributed by atoms with Crippen LogP contribution in [0.2, 0.25) is 0 Å². The van der Waals surface area contributed by atoms with Crippen molar-refractivity contribution in [3.8, 4) is 0 Å². The van der Waals surface area contributed by atoms with Crippen molar-refractivity contribution in [3.05, 3.63) is 0 Å². The number of nitrogens with two attached hydrogens (primary N) is 1. The van der Waals surface area contributed by atoms with Crippen molar-refractivity contribution in [1.82, 2.24) is 10.6 Å². The summed E-state index contributed by atoms with van der Waals surface area (Å²) in [5.74, 6) is 0.285. The number of amides is 2. The number of nitrogens with one attached hydrogen (secondary N) is 2. The average Bonchev–Trinajstić information content (AvgIpc) is 2.69. The Labute approximate surface area is 126 Å². The van der Waals surface area contributed by atoms with E-state index >= 15 is 0 Å². The van der Waals surface area contributed by atoms with Crippen LogP contribution in [-0.4, -0.2) is 30.9 Å². The molecule has 0 aromatic carbocycles. The van der Waals surface area contributed by atoms with Crippen molar-refractivity contribution < 1.29 is 9.59 Å². The predicted molar refractivity (Wildman–Crippen MR) is 80.5 cm³/mol. The second kappa shape index (κ2) is 5.90. The minimum atomic E-state index is -0.297. The SMILES string of the molecule is CC1(C)C2CCC1(C)C(NC(=O)CNC(=O)CN)C2.Cl. The zero-order valence-electron chi connectivity index (χ0n) is 12.5. The molecular formula is C14H26ClN3O2. The first-order chi connectivity index (χ1) is 8.81. The van der Waals surface area contributed by atoms with E-state index in [4.69, 9.17) is 5.73 Å². The summed E-state index contributed by atoms with van der Waals surface area (Å²) in [6, 6.07) is 0.225. The van der Waals surface area contributed by atoms with E-state index in [1.54, 1.807) is 0 Å². The minimum Gasteiger partial charge on any atom is -0.351 e. The Kier molecular flexibility index (Phi) is 5.08. The molecule has 0 spiro atoms. The van der Waals surface area contributed by atoms with E-state index in [-0.39, 0.29) is 54.2 Å². The number of hydrogen-bond donors (Lipinski definition) is 3. The van der Waals surface area contributed by atoms with Gasteiger partial charge in [-0.3, -0.25) is 9.59 Å². The second-order valence-corrected chi connectivity index (χ2v) is 6.71. The van der Waals surface area contributed by atoms with Gasteiger partial charge in [-0.15, -0.1) is 12.4 Å². The van der Waals surface area contributed by atoms with Crippen LogP contribution in [0.1, 0.15) is 40.0 Å². The highest BCUT2D eigenvalue weighted by Crippen LogP contribution is 2.65. The Morgan fingerprint density at radius 2 is 1.90 bits per heavy atom. The van der Waals surface area contributed by atoms with Crippen LogP contribution in [0.4, 0.5) is 0 Å². The first kappa shape index (κ1) is 17.2. The predicted octanol–water partition coefficient (Wildman–Crippen LogP) is 0.814. The second-order valence-electron chi connectivity index (χ2n) is 6.71. The van der Waals surface area contributed by atoms with Crippen LogP contribution >= 0.6 is 12.4 Å². The monoisotopic (exact) mass is 303 g/mol. The number of hydrogen-bond acceptors (Lipinski definition) is 3. The highest BCUT2D eigenvalue weighted by Gasteiger charge is 2.61. The van der Waals surface area contributed by atoms with Crippen molar-refractivity contribution in [1.29, 1.82) is 0 Å². The molecular weight excluding hydrogens is 278 g/mol. The van der Waals surface area contributed by atoms with Gasteiger partial charge in [0.1, 0.15) is 0 Å². The number of rotatable bonds is 4. The summed E-state index contributed by atoms with van der Waals surface area (Å²) < 4.78 is 0. The van der Waals surface area contributed by atoms with Gasteiger partial charge in [-0.05, 0) is 36.0 Å². The Hall–Kier alpha value is -0.810. The maximum atomic E-state index is 11.9. The molecule has 0 aromatic rings. The van der Waals surface area contributed by atoms with E-state index in [1.807, 2.05) is 0 Å². The summed E-state index contributed by atoms with van der Waals surface area (Å²) in [5.41, 5.74) is 5.64. The van der Waals surface area contributed by atoms with Gasteiger partial charge in [0.25, 0.3) is 0 Å². The first-order valence-corrected chi connectivity index (χ1v) is 7.07. The maximum absolute atomic E-state index is 11.9. The highest BCUT2D eigenvalue weighted by molar-refractivity contribution is 5.86. The molecule has 6 heteroatoms. The molecule has 3 unspecified atom stereocenters. The number of halogens is 1. The fourth-order valence-electron chi connectivity index (χ4n) is 3.92. The molecule has 2 bridgehead atoms. The van der Waals surface area contributed by atoms with E-state index in [2.05, 4.69) is 31.4 Å². The largest absolute Gasteiger partial charge is 0.351 e. The van der Waals surface area contributed by atoms with Gasteiger partial charge in [0.05, 0.1) is 13.1 Å². The van der Waals surface area contributed by atoms with Crippen LogP contribution in [0.5, 0.6) is 0 Å². The van der Waals surface area contributed by atoms with Crippen LogP contribution in [-0.2, 0) is 9.59 Å². The molecule has 0 aliphatic heterocycles. The molecule has 3 atom stereocenters. The van der Waals surface area contributed by atoms with Crippen LogP contribution in [0.15, 0.2) is 0 Å². The molecule has 2 rings (SSSR count). The Bertz CT molecular complexity index is 400. The topological polar surface area (TPSA) is 84.2 Å². The average molecular weight is 304 g/mol. The Balaban J connectivity index is 0.00000200. The maximum Gasteiger partial charge on any atom is 0.239 e. The molecule has 5 nitrogen and oxygen atoms in total. The minimum absolute atomic E-state index is 0. The Morgan fingerprint density at radius 3 is 2.35 bits per heavy atom. The van der Waals surface area contributed by atoms with E-state index < -0.39 is 0 Å². The molecule has 116 valence electrons. The van der Waals surface area contributed by atoms with Gasteiger partial charge in [-0.1, -0.05) is 20.8 Å². The normalized spacial score (nSPS) is 33.4. The van der Waals surface area contributed by atoms with Crippen molar-refractivity contribution in [3.63, 3.8) is 0 Å². The lowest BCUT2D eigenvalue weighted by Gasteiger charge is -2.39. The molecule has 0 saturated heterocycles. The van der Waals surface area contributed by atoms with Gasteiger partial charge in [0.15, 0.2) is 0 Å². The molecule has 0 aromatic heterocycles. The van der Waals surface area contributed by atoms with Crippen LogP contribution in [0.3, 0.4) is 0 Å². The first-order valence-electron chi connectivity index (χ1n) is 7.07. The summed E-state index contributed by atoms with van der Waals surface area (Å²) in [6.07, 6.45) is 3.49.